The predicted octanol–water partition coefficient (Wildman–Crippen LogP) is 2.70. The molecule has 0 saturated heterocycles. The first kappa shape index (κ1) is 11.8. The molecule has 0 atom stereocenters. The van der Waals surface area contributed by atoms with Gasteiger partial charge in [-0.1, -0.05) is 30.8 Å². The molecule has 15 heavy (non-hydrogen) atoms. The first-order valence-electron chi connectivity index (χ1n) is 4.69. The van der Waals surface area contributed by atoms with Gasteiger partial charge in [-0.25, -0.2) is 4.79 Å². The third-order valence-electron chi connectivity index (χ3n) is 1.95. The smallest absolute Gasteiger partial charge is 0.330 e. The number of hydrogen-bond acceptors (Lipinski definition) is 2. The lowest BCUT2D eigenvalue weighted by atomic mass is 10.1. The largest absolute Gasteiger partial charge is 0.458 e. The fourth-order valence-electron chi connectivity index (χ4n) is 1.12. The van der Waals surface area contributed by atoms with E-state index in [4.69, 9.17) is 16.3 Å². The minimum Gasteiger partial charge on any atom is -0.458 e. The quantitative estimate of drug-likeness (QED) is 0.437. The standard InChI is InChI=1S/C12H13ClO2/c1-2-12(14)15-9-11-5-3-10(4-6-11)7-8-13/h2-6H,1,7-9H2. The molecular weight excluding hydrogens is 212 g/mol. The van der Waals surface area contributed by atoms with Crippen molar-refractivity contribution in [2.24, 2.45) is 0 Å². The molecule has 0 spiro atoms. The number of halogens is 1. The van der Waals surface area contributed by atoms with E-state index in [9.17, 15) is 4.79 Å². The molecule has 0 fully saturated rings. The summed E-state index contributed by atoms with van der Waals surface area (Å²) in [4.78, 5) is 10.8. The first-order chi connectivity index (χ1) is 7.26. The predicted molar refractivity (Wildman–Crippen MR) is 60.9 cm³/mol. The molecule has 3 heteroatoms. The van der Waals surface area contributed by atoms with Crippen LogP contribution in [0.1, 0.15) is 11.1 Å². The van der Waals surface area contributed by atoms with Gasteiger partial charge >= 0.3 is 5.97 Å². The highest BCUT2D eigenvalue weighted by Crippen LogP contribution is 2.07. The van der Waals surface area contributed by atoms with E-state index in [1.54, 1.807) is 0 Å². The van der Waals surface area contributed by atoms with Gasteiger partial charge in [-0.2, -0.15) is 0 Å². The van der Waals surface area contributed by atoms with Crippen LogP contribution >= 0.6 is 11.6 Å². The third-order valence-corrected chi connectivity index (χ3v) is 2.14. The SMILES string of the molecule is C=CC(=O)OCc1ccc(CCCl)cc1. The molecule has 0 N–H and O–H groups in total. The second-order valence-electron chi connectivity index (χ2n) is 3.07. The van der Waals surface area contributed by atoms with E-state index in [1.807, 2.05) is 24.3 Å². The van der Waals surface area contributed by atoms with Gasteiger partial charge in [0.15, 0.2) is 0 Å². The van der Waals surface area contributed by atoms with E-state index in [2.05, 4.69) is 6.58 Å². The second kappa shape index (κ2) is 6.25. The van der Waals surface area contributed by atoms with Crippen LogP contribution in [0.2, 0.25) is 0 Å². The molecule has 1 aromatic carbocycles. The summed E-state index contributed by atoms with van der Waals surface area (Å²) < 4.78 is 4.89. The minimum absolute atomic E-state index is 0.284. The fourth-order valence-corrected chi connectivity index (χ4v) is 1.34. The molecule has 0 aliphatic carbocycles. The van der Waals surface area contributed by atoms with Crippen molar-refractivity contribution in [2.45, 2.75) is 13.0 Å². The van der Waals surface area contributed by atoms with Crippen molar-refractivity contribution in [1.29, 1.82) is 0 Å². The fraction of sp³-hybridized carbons (Fsp3) is 0.250. The van der Waals surface area contributed by atoms with Crippen LogP contribution in [0.25, 0.3) is 0 Å². The van der Waals surface area contributed by atoms with E-state index < -0.39 is 5.97 Å². The topological polar surface area (TPSA) is 26.3 Å². The normalized spacial score (nSPS) is 9.67. The van der Waals surface area contributed by atoms with Gasteiger partial charge in [0.25, 0.3) is 0 Å². The number of rotatable bonds is 5. The summed E-state index contributed by atoms with van der Waals surface area (Å²) in [5.74, 6) is 0.213. The Morgan fingerprint density at radius 2 is 1.93 bits per heavy atom. The summed E-state index contributed by atoms with van der Waals surface area (Å²) in [5, 5.41) is 0. The van der Waals surface area contributed by atoms with Gasteiger partial charge in [-0.15, -0.1) is 11.6 Å². The molecule has 0 heterocycles. The van der Waals surface area contributed by atoms with Gasteiger partial charge in [0.2, 0.25) is 0 Å². The number of benzene rings is 1. The van der Waals surface area contributed by atoms with Gasteiger partial charge in [0.05, 0.1) is 0 Å². The van der Waals surface area contributed by atoms with E-state index in [0.29, 0.717) is 5.88 Å². The van der Waals surface area contributed by atoms with Gasteiger partial charge < -0.3 is 4.74 Å². The molecule has 0 unspecified atom stereocenters. The molecule has 0 aliphatic rings. The van der Waals surface area contributed by atoms with Crippen molar-refractivity contribution < 1.29 is 9.53 Å². The van der Waals surface area contributed by atoms with Crippen molar-refractivity contribution in [2.75, 3.05) is 5.88 Å². The zero-order valence-electron chi connectivity index (χ0n) is 8.41. The molecule has 0 radical (unpaired) electrons. The van der Waals surface area contributed by atoms with E-state index in [0.717, 1.165) is 18.1 Å². The summed E-state index contributed by atoms with van der Waals surface area (Å²) in [6.07, 6.45) is 2.01. The van der Waals surface area contributed by atoms with Crippen LogP contribution in [0.15, 0.2) is 36.9 Å². The van der Waals surface area contributed by atoms with Gasteiger partial charge in [-0.05, 0) is 17.5 Å². The van der Waals surface area contributed by atoms with Crippen LogP contribution in [0.4, 0.5) is 0 Å². The summed E-state index contributed by atoms with van der Waals surface area (Å²) in [6.45, 7) is 3.61. The molecule has 1 rings (SSSR count). The summed E-state index contributed by atoms with van der Waals surface area (Å²) in [7, 11) is 0. The molecule has 80 valence electrons. The maximum Gasteiger partial charge on any atom is 0.330 e. The van der Waals surface area contributed by atoms with E-state index in [1.165, 1.54) is 5.56 Å². The maximum atomic E-state index is 10.8. The van der Waals surface area contributed by atoms with Gasteiger partial charge in [0, 0.05) is 12.0 Å². The number of ether oxygens (including phenoxy) is 1. The highest BCUT2D eigenvalue weighted by molar-refractivity contribution is 6.17. The lowest BCUT2D eigenvalue weighted by molar-refractivity contribution is -0.138. The van der Waals surface area contributed by atoms with E-state index >= 15 is 0 Å². The zero-order chi connectivity index (χ0) is 11.1. The second-order valence-corrected chi connectivity index (χ2v) is 3.45. The molecular formula is C12H13ClO2. The number of hydrogen-bond donors (Lipinski definition) is 0. The highest BCUT2D eigenvalue weighted by Gasteiger charge is 1.98. The molecule has 0 amide bonds. The van der Waals surface area contributed by atoms with Crippen LogP contribution in [-0.4, -0.2) is 11.8 Å². The van der Waals surface area contributed by atoms with Crippen LogP contribution in [0.5, 0.6) is 0 Å². The summed E-state index contributed by atoms with van der Waals surface area (Å²) in [6, 6.07) is 7.83. The van der Waals surface area contributed by atoms with Crippen molar-refractivity contribution in [3.63, 3.8) is 0 Å². The number of carbonyl (C=O) groups excluding carboxylic acids is 1. The molecule has 0 bridgehead atoms. The Kier molecular flexibility index (Phi) is 4.91. The Morgan fingerprint density at radius 3 is 2.47 bits per heavy atom. The number of alkyl halides is 1. The van der Waals surface area contributed by atoms with E-state index in [-0.39, 0.29) is 6.61 Å². The molecule has 2 nitrogen and oxygen atoms in total. The molecule has 0 aromatic heterocycles. The van der Waals surface area contributed by atoms with Crippen LogP contribution in [0.3, 0.4) is 0 Å². The Hall–Kier alpha value is -1.28. The first-order valence-corrected chi connectivity index (χ1v) is 5.22. The van der Waals surface area contributed by atoms with Crippen molar-refractivity contribution in [3.05, 3.63) is 48.0 Å². The number of esters is 1. The van der Waals surface area contributed by atoms with Crippen LogP contribution in [-0.2, 0) is 22.6 Å². The Bertz CT molecular complexity index is 330. The van der Waals surface area contributed by atoms with Gasteiger partial charge in [0.1, 0.15) is 6.61 Å². The highest BCUT2D eigenvalue weighted by atomic mass is 35.5. The Balaban J connectivity index is 2.49. The average Bonchev–Trinajstić information content (AvgIpc) is 2.28. The molecule has 0 aliphatic heterocycles. The molecule has 0 saturated carbocycles. The lowest BCUT2D eigenvalue weighted by Crippen LogP contribution is -2.00. The zero-order valence-corrected chi connectivity index (χ0v) is 9.17. The summed E-state index contributed by atoms with van der Waals surface area (Å²) in [5.41, 5.74) is 2.15. The average molecular weight is 225 g/mol. The van der Waals surface area contributed by atoms with Crippen molar-refractivity contribution in [1.82, 2.24) is 0 Å². The Morgan fingerprint density at radius 1 is 1.33 bits per heavy atom. The van der Waals surface area contributed by atoms with Crippen LogP contribution in [0, 0.1) is 0 Å². The Labute approximate surface area is 94.5 Å². The van der Waals surface area contributed by atoms with Crippen LogP contribution < -0.4 is 0 Å². The van der Waals surface area contributed by atoms with Crippen molar-refractivity contribution >= 4 is 17.6 Å². The van der Waals surface area contributed by atoms with Gasteiger partial charge in [-0.3, -0.25) is 0 Å². The maximum absolute atomic E-state index is 10.8. The third kappa shape index (κ3) is 4.17. The van der Waals surface area contributed by atoms with Crippen molar-refractivity contribution in [3.8, 4) is 0 Å². The molecule has 1 aromatic rings. The number of carbonyl (C=O) groups is 1. The summed E-state index contributed by atoms with van der Waals surface area (Å²) >= 11 is 5.62. The number of aryl methyl sites for hydroxylation is 1. The minimum atomic E-state index is -0.403. The monoisotopic (exact) mass is 224 g/mol. The lowest BCUT2D eigenvalue weighted by Gasteiger charge is -2.03.